The molecule has 0 aromatic carbocycles. The van der Waals surface area contributed by atoms with Gasteiger partial charge in [-0.3, -0.25) is 19.4 Å². The number of rotatable bonds is 5. The van der Waals surface area contributed by atoms with E-state index in [4.69, 9.17) is 0 Å². The molecule has 2 aliphatic rings. The number of hydrogen-bond donors (Lipinski definition) is 1. The molecular formula is C30H32N8O. The quantitative estimate of drug-likeness (QED) is 0.351. The molecule has 9 nitrogen and oxygen atoms in total. The predicted molar refractivity (Wildman–Crippen MR) is 154 cm³/mol. The minimum Gasteiger partial charge on any atom is -0.319 e. The van der Waals surface area contributed by atoms with Crippen LogP contribution in [0.2, 0.25) is 0 Å². The van der Waals surface area contributed by atoms with Crippen molar-refractivity contribution in [3.05, 3.63) is 102 Å². The molecule has 9 heteroatoms. The summed E-state index contributed by atoms with van der Waals surface area (Å²) < 4.78 is 3.85. The Hall–Kier alpha value is -4.63. The molecule has 7 rings (SSSR count). The van der Waals surface area contributed by atoms with Gasteiger partial charge >= 0.3 is 0 Å². The maximum absolute atomic E-state index is 13.2. The van der Waals surface area contributed by atoms with Gasteiger partial charge in [0.05, 0.1) is 40.9 Å². The van der Waals surface area contributed by atoms with Gasteiger partial charge in [-0.05, 0) is 68.4 Å². The number of pyridine rings is 3. The van der Waals surface area contributed by atoms with Gasteiger partial charge in [-0.2, -0.15) is 10.2 Å². The van der Waals surface area contributed by atoms with E-state index in [-0.39, 0.29) is 8.76 Å². The molecule has 0 saturated carbocycles. The standard InChI is InChI=1S/C30H28N8O.2H2/c1-36-10-7-24(8-11-36)38-19-23(17-33-38)35-30(39)22-13-26-25(4-5-28(26)32-16-22)20-6-12-37-29(14-20)27(18-34-37)21-3-2-9-31-15-21;;/h2-4,6,9,12-19,24H,5,7-8,10-11H2,1H3,(H,35,39);2*1H. The second kappa shape index (κ2) is 9.59. The highest BCUT2D eigenvalue weighted by atomic mass is 16.1. The van der Waals surface area contributed by atoms with Crippen LogP contribution in [0.3, 0.4) is 0 Å². The lowest BCUT2D eigenvalue weighted by atomic mass is 9.99. The first-order valence-electron chi connectivity index (χ1n) is 13.2. The second-order valence-electron chi connectivity index (χ2n) is 10.3. The average molecular weight is 521 g/mol. The van der Waals surface area contributed by atoms with Crippen LogP contribution in [-0.4, -0.2) is 60.3 Å². The van der Waals surface area contributed by atoms with Gasteiger partial charge in [0.2, 0.25) is 0 Å². The highest BCUT2D eigenvalue weighted by Gasteiger charge is 2.22. The molecule has 0 atom stereocenters. The normalized spacial score (nSPS) is 15.9. The SMILES string of the molecule is CN1CCC(n2cc(NC(=O)c3cnc4c(c3)C(c3ccn5ncc(-c6cccnc6)c5c3)=CC4)cn2)CC1.[HH].[HH]. The molecule has 0 spiro atoms. The van der Waals surface area contributed by atoms with Crippen molar-refractivity contribution < 1.29 is 7.65 Å². The Bertz CT molecular complexity index is 1720. The van der Waals surface area contributed by atoms with Crippen LogP contribution in [0.4, 0.5) is 5.69 Å². The number of nitrogens with zero attached hydrogens (tertiary/aromatic N) is 7. The van der Waals surface area contributed by atoms with Crippen LogP contribution in [0, 0.1) is 0 Å². The summed E-state index contributed by atoms with van der Waals surface area (Å²) in [6, 6.07) is 10.5. The van der Waals surface area contributed by atoms with Gasteiger partial charge in [0.1, 0.15) is 0 Å². The summed E-state index contributed by atoms with van der Waals surface area (Å²) in [5.41, 5.74) is 8.35. The van der Waals surface area contributed by atoms with Crippen LogP contribution in [0.5, 0.6) is 0 Å². The minimum atomic E-state index is -0.190. The Morgan fingerprint density at radius 2 is 1.92 bits per heavy atom. The van der Waals surface area contributed by atoms with Crippen LogP contribution >= 0.6 is 0 Å². The number of anilines is 1. The van der Waals surface area contributed by atoms with E-state index in [1.165, 1.54) is 0 Å². The number of allylic oxidation sites excluding steroid dienone is 1. The van der Waals surface area contributed by atoms with E-state index >= 15 is 0 Å². The lowest BCUT2D eigenvalue weighted by molar-refractivity contribution is 0.102. The Morgan fingerprint density at radius 1 is 1.03 bits per heavy atom. The van der Waals surface area contributed by atoms with Crippen LogP contribution in [0.15, 0.2) is 79.8 Å². The number of fused-ring (bicyclic) bond motifs is 2. The molecule has 198 valence electrons. The molecule has 1 amide bonds. The maximum Gasteiger partial charge on any atom is 0.257 e. The molecule has 6 heterocycles. The molecule has 1 fully saturated rings. The second-order valence-corrected chi connectivity index (χ2v) is 10.3. The molecule has 5 aromatic rings. The summed E-state index contributed by atoms with van der Waals surface area (Å²) in [6.07, 6.45) is 17.8. The van der Waals surface area contributed by atoms with E-state index < -0.39 is 0 Å². The highest BCUT2D eigenvalue weighted by Crippen LogP contribution is 2.34. The Labute approximate surface area is 228 Å². The third kappa shape index (κ3) is 4.40. The number of carbonyl (C=O) groups excluding carboxylic acids is 1. The Morgan fingerprint density at radius 3 is 2.77 bits per heavy atom. The number of nitrogens with one attached hydrogen (secondary N) is 1. The zero-order valence-electron chi connectivity index (χ0n) is 21.7. The highest BCUT2D eigenvalue weighted by molar-refractivity contribution is 6.05. The minimum absolute atomic E-state index is 0. The molecular weight excluding hydrogens is 488 g/mol. The maximum atomic E-state index is 13.2. The van der Waals surface area contributed by atoms with Gasteiger partial charge in [0, 0.05) is 56.9 Å². The smallest absolute Gasteiger partial charge is 0.257 e. The first-order valence-corrected chi connectivity index (χ1v) is 13.2. The molecule has 5 aromatic heterocycles. The van der Waals surface area contributed by atoms with E-state index in [2.05, 4.69) is 55.6 Å². The van der Waals surface area contributed by atoms with Crippen molar-refractivity contribution in [1.29, 1.82) is 0 Å². The molecule has 1 saturated heterocycles. The molecule has 0 unspecified atom stereocenters. The fourth-order valence-corrected chi connectivity index (χ4v) is 5.55. The van der Waals surface area contributed by atoms with E-state index in [9.17, 15) is 4.79 Å². The fraction of sp³-hybridized carbons (Fsp3) is 0.233. The van der Waals surface area contributed by atoms with Crippen molar-refractivity contribution in [3.8, 4) is 11.1 Å². The van der Waals surface area contributed by atoms with Gasteiger partial charge in [0.25, 0.3) is 5.91 Å². The van der Waals surface area contributed by atoms with E-state index in [1.54, 1.807) is 18.6 Å². The molecule has 1 aliphatic carbocycles. The monoisotopic (exact) mass is 520 g/mol. The molecule has 39 heavy (non-hydrogen) atoms. The van der Waals surface area contributed by atoms with Gasteiger partial charge < -0.3 is 10.2 Å². The average Bonchev–Trinajstić information content (AvgIpc) is 3.71. The molecule has 1 N–H and O–H groups in total. The molecule has 1 aliphatic heterocycles. The topological polar surface area (TPSA) is 93.2 Å². The summed E-state index contributed by atoms with van der Waals surface area (Å²) >= 11 is 0. The Balaban J connectivity index is 0.00000169. The van der Waals surface area contributed by atoms with Crippen LogP contribution in [-0.2, 0) is 6.42 Å². The van der Waals surface area contributed by atoms with Crippen molar-refractivity contribution in [2.24, 2.45) is 0 Å². The number of piperidine rings is 1. The molecule has 0 bridgehead atoms. The third-order valence-corrected chi connectivity index (χ3v) is 7.75. The largest absolute Gasteiger partial charge is 0.319 e. The van der Waals surface area contributed by atoms with Gasteiger partial charge in [-0.15, -0.1) is 0 Å². The third-order valence-electron chi connectivity index (χ3n) is 7.75. The van der Waals surface area contributed by atoms with Crippen molar-refractivity contribution in [2.75, 3.05) is 25.5 Å². The zero-order chi connectivity index (χ0) is 26.3. The van der Waals surface area contributed by atoms with E-state index in [0.717, 1.165) is 71.4 Å². The number of aromatic nitrogens is 6. The first-order chi connectivity index (χ1) is 19.1. The zero-order valence-corrected chi connectivity index (χ0v) is 21.7. The van der Waals surface area contributed by atoms with Crippen molar-refractivity contribution in [3.63, 3.8) is 0 Å². The van der Waals surface area contributed by atoms with E-state index in [1.807, 2.05) is 52.2 Å². The lowest BCUT2D eigenvalue weighted by Crippen LogP contribution is -2.31. The lowest BCUT2D eigenvalue weighted by Gasteiger charge is -2.28. The summed E-state index contributed by atoms with van der Waals surface area (Å²) in [4.78, 5) is 24.4. The fourth-order valence-electron chi connectivity index (χ4n) is 5.55. The predicted octanol–water partition coefficient (Wildman–Crippen LogP) is 4.99. The van der Waals surface area contributed by atoms with Gasteiger partial charge in [0.15, 0.2) is 0 Å². The number of hydrogen-bond acceptors (Lipinski definition) is 6. The Kier molecular flexibility index (Phi) is 5.78. The van der Waals surface area contributed by atoms with Gasteiger partial charge in [-0.25, -0.2) is 4.52 Å². The van der Waals surface area contributed by atoms with Crippen LogP contribution in [0.1, 0.15) is 48.9 Å². The molecule has 0 radical (unpaired) electrons. The van der Waals surface area contributed by atoms with E-state index in [0.29, 0.717) is 17.3 Å². The summed E-state index contributed by atoms with van der Waals surface area (Å²) in [5, 5.41) is 12.0. The van der Waals surface area contributed by atoms with Crippen LogP contribution in [0.25, 0.3) is 22.2 Å². The van der Waals surface area contributed by atoms with Crippen molar-refractivity contribution in [2.45, 2.75) is 25.3 Å². The number of carbonyl (C=O) groups is 1. The van der Waals surface area contributed by atoms with Crippen molar-refractivity contribution in [1.82, 2.24) is 34.3 Å². The van der Waals surface area contributed by atoms with Gasteiger partial charge in [-0.1, -0.05) is 12.1 Å². The van der Waals surface area contributed by atoms with Crippen molar-refractivity contribution >= 4 is 22.7 Å². The summed E-state index contributed by atoms with van der Waals surface area (Å²) in [7, 11) is 2.14. The van der Waals surface area contributed by atoms with Crippen LogP contribution < -0.4 is 5.32 Å². The number of likely N-dealkylation sites (tertiary alicyclic amines) is 1. The first kappa shape index (κ1) is 23.5. The summed E-state index contributed by atoms with van der Waals surface area (Å²) in [6.45, 7) is 2.11. The number of amides is 1. The summed E-state index contributed by atoms with van der Waals surface area (Å²) in [5.74, 6) is -0.190.